The van der Waals surface area contributed by atoms with Crippen molar-refractivity contribution in [1.29, 1.82) is 0 Å². The fourth-order valence-electron chi connectivity index (χ4n) is 3.47. The largest absolute Gasteiger partial charge is 0.493 e. The smallest absolute Gasteiger partial charge is 0.411 e. The molecule has 1 N–H and O–H groups in total. The van der Waals surface area contributed by atoms with E-state index in [0.717, 1.165) is 18.5 Å². The third-order valence-corrected chi connectivity index (χ3v) is 5.35. The Morgan fingerprint density at radius 1 is 0.938 bits per heavy atom. The van der Waals surface area contributed by atoms with Crippen molar-refractivity contribution >= 4 is 22.7 Å². The van der Waals surface area contributed by atoms with Gasteiger partial charge in [-0.25, -0.2) is 4.79 Å². The number of benzene rings is 2. The van der Waals surface area contributed by atoms with E-state index in [1.165, 1.54) is 4.90 Å². The minimum atomic E-state index is -0.980. The molecule has 2 aromatic carbocycles. The van der Waals surface area contributed by atoms with Gasteiger partial charge in [0.25, 0.3) is 0 Å². The third kappa shape index (κ3) is 5.20. The number of aromatic nitrogens is 1. The van der Waals surface area contributed by atoms with Crippen LogP contribution in [0.15, 0.2) is 48.7 Å². The lowest BCUT2D eigenvalue weighted by Crippen LogP contribution is -2.38. The molecule has 1 aromatic heterocycles. The fourth-order valence-corrected chi connectivity index (χ4v) is 3.47. The second-order valence-electron chi connectivity index (χ2n) is 7.09. The minimum Gasteiger partial charge on any atom is -0.493 e. The van der Waals surface area contributed by atoms with Crippen molar-refractivity contribution in [2.75, 3.05) is 45.3 Å². The number of hydrogen-bond acceptors (Lipinski definition) is 6. The van der Waals surface area contributed by atoms with E-state index in [2.05, 4.69) is 23.7 Å². The number of nitrogens with zero attached hydrogens (tertiary/aromatic N) is 3. The van der Waals surface area contributed by atoms with E-state index >= 15 is 0 Å². The Bertz CT molecular complexity index is 1050. The summed E-state index contributed by atoms with van der Waals surface area (Å²) in [6.45, 7) is 6.96. The first-order chi connectivity index (χ1) is 15.5. The Labute approximate surface area is 187 Å². The van der Waals surface area contributed by atoms with E-state index < -0.39 is 6.09 Å². The number of fused-ring (bicyclic) bond motifs is 1. The SMILES string of the molecule is CCN(CC)CCN(C(=O)O)c1ccc(Oc2ccnc3cc(OC)c(OC)cc23)cc1. The Hall–Kier alpha value is -3.52. The Morgan fingerprint density at radius 3 is 2.19 bits per heavy atom. The minimum absolute atomic E-state index is 0.397. The monoisotopic (exact) mass is 439 g/mol. The molecule has 0 saturated heterocycles. The van der Waals surface area contributed by atoms with Crippen molar-refractivity contribution in [2.24, 2.45) is 0 Å². The van der Waals surface area contributed by atoms with Crippen LogP contribution in [0.4, 0.5) is 10.5 Å². The highest BCUT2D eigenvalue weighted by atomic mass is 16.5. The topological polar surface area (TPSA) is 84.4 Å². The molecule has 3 aromatic rings. The first kappa shape index (κ1) is 23.1. The Kier molecular flexibility index (Phi) is 7.72. The summed E-state index contributed by atoms with van der Waals surface area (Å²) in [5, 5.41) is 10.4. The second kappa shape index (κ2) is 10.7. The molecule has 0 aliphatic heterocycles. The van der Waals surface area contributed by atoms with Gasteiger partial charge >= 0.3 is 6.09 Å². The van der Waals surface area contributed by atoms with Gasteiger partial charge in [0, 0.05) is 36.4 Å². The van der Waals surface area contributed by atoms with Crippen LogP contribution in [-0.2, 0) is 0 Å². The number of amides is 1. The van der Waals surface area contributed by atoms with Gasteiger partial charge in [-0.15, -0.1) is 0 Å². The molecule has 3 rings (SSSR count). The van der Waals surface area contributed by atoms with Gasteiger partial charge in [-0.1, -0.05) is 13.8 Å². The second-order valence-corrected chi connectivity index (χ2v) is 7.09. The number of methoxy groups -OCH3 is 2. The number of likely N-dealkylation sites (N-methyl/N-ethyl adjacent to an activating group) is 1. The first-order valence-electron chi connectivity index (χ1n) is 10.5. The summed E-state index contributed by atoms with van der Waals surface area (Å²) in [7, 11) is 3.15. The van der Waals surface area contributed by atoms with Crippen molar-refractivity contribution in [3.63, 3.8) is 0 Å². The molecule has 0 radical (unpaired) electrons. The van der Waals surface area contributed by atoms with Crippen LogP contribution < -0.4 is 19.1 Å². The molecule has 0 atom stereocenters. The molecule has 0 fully saturated rings. The molecule has 170 valence electrons. The summed E-state index contributed by atoms with van der Waals surface area (Å²) >= 11 is 0. The van der Waals surface area contributed by atoms with Crippen molar-refractivity contribution in [2.45, 2.75) is 13.8 Å². The van der Waals surface area contributed by atoms with Crippen molar-refractivity contribution < 1.29 is 24.1 Å². The molecule has 0 aliphatic carbocycles. The summed E-state index contributed by atoms with van der Waals surface area (Å²) < 4.78 is 16.8. The Morgan fingerprint density at radius 2 is 1.59 bits per heavy atom. The normalized spacial score (nSPS) is 10.9. The van der Waals surface area contributed by atoms with Crippen LogP contribution in [0.2, 0.25) is 0 Å². The van der Waals surface area contributed by atoms with Gasteiger partial charge in [-0.3, -0.25) is 9.88 Å². The van der Waals surface area contributed by atoms with E-state index in [-0.39, 0.29) is 0 Å². The van der Waals surface area contributed by atoms with E-state index in [1.807, 2.05) is 6.07 Å². The van der Waals surface area contributed by atoms with E-state index in [0.29, 0.717) is 47.3 Å². The molecule has 1 heterocycles. The molecule has 1 amide bonds. The van der Waals surface area contributed by atoms with Crippen molar-refractivity contribution in [1.82, 2.24) is 9.88 Å². The number of ether oxygens (including phenoxy) is 3. The molecule has 0 spiro atoms. The highest BCUT2D eigenvalue weighted by Gasteiger charge is 2.16. The van der Waals surface area contributed by atoms with Crippen LogP contribution in [0.3, 0.4) is 0 Å². The zero-order chi connectivity index (χ0) is 23.1. The van der Waals surface area contributed by atoms with Crippen molar-refractivity contribution in [3.05, 3.63) is 48.7 Å². The van der Waals surface area contributed by atoms with Crippen LogP contribution >= 0.6 is 0 Å². The van der Waals surface area contributed by atoms with Crippen LogP contribution in [-0.4, -0.2) is 61.5 Å². The van der Waals surface area contributed by atoms with Crippen molar-refractivity contribution in [3.8, 4) is 23.0 Å². The predicted molar refractivity (Wildman–Crippen MR) is 125 cm³/mol. The molecular formula is C24H29N3O5. The molecule has 8 nitrogen and oxygen atoms in total. The van der Waals surface area contributed by atoms with Gasteiger partial charge in [-0.2, -0.15) is 0 Å². The summed E-state index contributed by atoms with van der Waals surface area (Å²) in [5.41, 5.74) is 1.31. The van der Waals surface area contributed by atoms with Crippen LogP contribution in [0.5, 0.6) is 23.0 Å². The van der Waals surface area contributed by atoms with Gasteiger partial charge in [0.15, 0.2) is 11.5 Å². The van der Waals surface area contributed by atoms with Gasteiger partial charge < -0.3 is 24.2 Å². The van der Waals surface area contributed by atoms with Gasteiger partial charge in [0.05, 0.1) is 19.7 Å². The number of hydrogen-bond donors (Lipinski definition) is 1. The number of pyridine rings is 1. The van der Waals surface area contributed by atoms with E-state index in [4.69, 9.17) is 14.2 Å². The highest BCUT2D eigenvalue weighted by molar-refractivity contribution is 5.88. The maximum atomic E-state index is 11.8. The molecule has 0 aliphatic rings. The van der Waals surface area contributed by atoms with Crippen LogP contribution in [0, 0.1) is 0 Å². The highest BCUT2D eigenvalue weighted by Crippen LogP contribution is 2.37. The average Bonchev–Trinajstić information content (AvgIpc) is 2.81. The van der Waals surface area contributed by atoms with E-state index in [1.54, 1.807) is 56.8 Å². The fraction of sp³-hybridized carbons (Fsp3) is 0.333. The lowest BCUT2D eigenvalue weighted by molar-refractivity contribution is 0.200. The van der Waals surface area contributed by atoms with Gasteiger partial charge in [0.2, 0.25) is 0 Å². The Balaban J connectivity index is 1.82. The number of carbonyl (C=O) groups is 1. The molecule has 0 bridgehead atoms. The zero-order valence-electron chi connectivity index (χ0n) is 18.9. The first-order valence-corrected chi connectivity index (χ1v) is 10.5. The summed E-state index contributed by atoms with van der Waals surface area (Å²) in [6, 6.07) is 12.4. The molecule has 0 unspecified atom stereocenters. The van der Waals surface area contributed by atoms with E-state index in [9.17, 15) is 9.90 Å². The van der Waals surface area contributed by atoms with Gasteiger partial charge in [-0.05, 0) is 49.5 Å². The maximum Gasteiger partial charge on any atom is 0.411 e. The predicted octanol–water partition coefficient (Wildman–Crippen LogP) is 4.87. The molecule has 32 heavy (non-hydrogen) atoms. The number of anilines is 1. The lowest BCUT2D eigenvalue weighted by atomic mass is 10.2. The molecule has 0 saturated carbocycles. The van der Waals surface area contributed by atoms with Gasteiger partial charge in [0.1, 0.15) is 11.5 Å². The maximum absolute atomic E-state index is 11.8. The van der Waals surface area contributed by atoms with Crippen LogP contribution in [0.1, 0.15) is 13.8 Å². The third-order valence-electron chi connectivity index (χ3n) is 5.35. The zero-order valence-corrected chi connectivity index (χ0v) is 18.9. The summed E-state index contributed by atoms with van der Waals surface area (Å²) in [5.74, 6) is 2.37. The number of carboxylic acid groups (broad SMARTS) is 1. The molecule has 8 heteroatoms. The average molecular weight is 440 g/mol. The summed E-state index contributed by atoms with van der Waals surface area (Å²) in [6.07, 6.45) is 0.684. The summed E-state index contributed by atoms with van der Waals surface area (Å²) in [4.78, 5) is 19.7. The quantitative estimate of drug-likeness (QED) is 0.482. The molecular weight excluding hydrogens is 410 g/mol. The number of rotatable bonds is 10. The standard InChI is InChI=1S/C24H29N3O5/c1-5-26(6-2)13-14-27(24(28)29)17-7-9-18(10-8-17)32-21-11-12-25-20-16-23(31-4)22(30-3)15-19(20)21/h7-12,15-16H,5-6,13-14H2,1-4H3,(H,28,29). The lowest BCUT2D eigenvalue weighted by Gasteiger charge is -2.24. The van der Waals surface area contributed by atoms with Crippen LogP contribution in [0.25, 0.3) is 10.9 Å².